The van der Waals surface area contributed by atoms with Gasteiger partial charge in [-0.2, -0.15) is 0 Å². The molecule has 1 heterocycles. The number of H-pyrrole nitrogens is 1. The number of amides is 1. The molecule has 0 unspecified atom stereocenters. The van der Waals surface area contributed by atoms with E-state index in [9.17, 15) is 4.79 Å². The molecule has 2 rings (SSSR count). The lowest BCUT2D eigenvalue weighted by Crippen LogP contribution is -2.38. The van der Waals surface area contributed by atoms with Crippen molar-refractivity contribution in [2.45, 2.75) is 6.92 Å². The summed E-state index contributed by atoms with van der Waals surface area (Å²) in [5.41, 5.74) is 7.73. The Labute approximate surface area is 98.7 Å². The van der Waals surface area contributed by atoms with Crippen LogP contribution in [0.15, 0.2) is 24.3 Å². The van der Waals surface area contributed by atoms with Crippen LogP contribution in [0.2, 0.25) is 0 Å². The number of carbonyl (C=O) groups excluding carboxylic acids is 1. The van der Waals surface area contributed by atoms with E-state index in [1.54, 1.807) is 6.07 Å². The molecule has 17 heavy (non-hydrogen) atoms. The Hall–Kier alpha value is -2.30. The molecule has 1 amide bonds. The van der Waals surface area contributed by atoms with Crippen molar-refractivity contribution in [2.75, 3.05) is 7.05 Å². The van der Waals surface area contributed by atoms with Crippen molar-refractivity contribution in [2.24, 2.45) is 5.73 Å². The van der Waals surface area contributed by atoms with Gasteiger partial charge in [-0.05, 0) is 24.6 Å². The van der Waals surface area contributed by atoms with Crippen LogP contribution in [-0.4, -0.2) is 28.8 Å². The summed E-state index contributed by atoms with van der Waals surface area (Å²) in [5, 5.41) is 8.19. The molecule has 0 spiro atoms. The molecule has 5 nitrogen and oxygen atoms in total. The zero-order valence-electron chi connectivity index (χ0n) is 9.74. The molecular formula is C12H14N4O. The van der Waals surface area contributed by atoms with Gasteiger partial charge in [0.2, 0.25) is 0 Å². The van der Waals surface area contributed by atoms with Crippen molar-refractivity contribution >= 4 is 22.8 Å². The van der Waals surface area contributed by atoms with E-state index in [4.69, 9.17) is 11.1 Å². The number of nitrogens with one attached hydrogen (secondary N) is 2. The van der Waals surface area contributed by atoms with Crippen LogP contribution in [0.4, 0.5) is 0 Å². The van der Waals surface area contributed by atoms with E-state index in [2.05, 4.69) is 4.98 Å². The number of guanidine groups is 1. The Morgan fingerprint density at radius 3 is 2.76 bits per heavy atom. The fraction of sp³-hybridized carbons (Fsp3) is 0.167. The Kier molecular flexibility index (Phi) is 2.59. The zero-order chi connectivity index (χ0) is 12.6. The molecule has 0 fully saturated rings. The second-order valence-electron chi connectivity index (χ2n) is 4.02. The van der Waals surface area contributed by atoms with Gasteiger partial charge in [-0.15, -0.1) is 0 Å². The van der Waals surface area contributed by atoms with Gasteiger partial charge in [0.15, 0.2) is 5.96 Å². The average molecular weight is 230 g/mol. The molecule has 4 N–H and O–H groups in total. The Morgan fingerprint density at radius 2 is 2.12 bits per heavy atom. The molecule has 0 saturated carbocycles. The molecule has 1 aromatic heterocycles. The molecule has 0 aliphatic carbocycles. The number of nitrogens with two attached hydrogens (primary N) is 1. The number of fused-ring (bicyclic) bond motifs is 1. The van der Waals surface area contributed by atoms with E-state index in [1.807, 2.05) is 25.1 Å². The van der Waals surface area contributed by atoms with Gasteiger partial charge in [0.25, 0.3) is 5.91 Å². The smallest absolute Gasteiger partial charge is 0.276 e. The van der Waals surface area contributed by atoms with Crippen LogP contribution < -0.4 is 5.73 Å². The second-order valence-corrected chi connectivity index (χ2v) is 4.02. The quantitative estimate of drug-likeness (QED) is 0.511. The zero-order valence-corrected chi connectivity index (χ0v) is 9.74. The van der Waals surface area contributed by atoms with Crippen LogP contribution in [0.3, 0.4) is 0 Å². The first-order valence-corrected chi connectivity index (χ1v) is 5.20. The molecule has 88 valence electrons. The third-order valence-corrected chi connectivity index (χ3v) is 2.67. The summed E-state index contributed by atoms with van der Waals surface area (Å²) in [6, 6.07) is 7.67. The molecule has 0 atom stereocenters. The van der Waals surface area contributed by atoms with Gasteiger partial charge >= 0.3 is 0 Å². The lowest BCUT2D eigenvalue weighted by Gasteiger charge is -2.12. The van der Waals surface area contributed by atoms with Crippen LogP contribution in [-0.2, 0) is 0 Å². The highest BCUT2D eigenvalue weighted by Crippen LogP contribution is 2.17. The van der Waals surface area contributed by atoms with Gasteiger partial charge in [-0.3, -0.25) is 15.1 Å². The highest BCUT2D eigenvalue weighted by Gasteiger charge is 2.15. The minimum absolute atomic E-state index is 0.273. The van der Waals surface area contributed by atoms with Crippen LogP contribution in [0.25, 0.3) is 10.9 Å². The molecule has 0 saturated heterocycles. The summed E-state index contributed by atoms with van der Waals surface area (Å²) >= 11 is 0. The van der Waals surface area contributed by atoms with Gasteiger partial charge in [0, 0.05) is 18.0 Å². The predicted molar refractivity (Wildman–Crippen MR) is 67.0 cm³/mol. The van der Waals surface area contributed by atoms with Crippen LogP contribution in [0.1, 0.15) is 16.1 Å². The lowest BCUT2D eigenvalue weighted by atomic mass is 10.2. The third kappa shape index (κ3) is 1.99. The van der Waals surface area contributed by atoms with E-state index in [1.165, 1.54) is 7.05 Å². The molecule has 1 aromatic carbocycles. The van der Waals surface area contributed by atoms with Crippen LogP contribution >= 0.6 is 0 Å². The van der Waals surface area contributed by atoms with Gasteiger partial charge in [0.05, 0.1) is 0 Å². The minimum Gasteiger partial charge on any atom is -0.370 e. The first kappa shape index (κ1) is 11.2. The molecule has 2 aromatic rings. The largest absolute Gasteiger partial charge is 0.370 e. The van der Waals surface area contributed by atoms with Gasteiger partial charge in [-0.25, -0.2) is 0 Å². The number of benzene rings is 1. The second kappa shape index (κ2) is 3.93. The first-order chi connectivity index (χ1) is 7.99. The highest BCUT2D eigenvalue weighted by atomic mass is 16.2. The first-order valence-electron chi connectivity index (χ1n) is 5.20. The fourth-order valence-electron chi connectivity index (χ4n) is 1.65. The average Bonchev–Trinajstić information content (AvgIpc) is 2.69. The number of carbonyl (C=O) groups is 1. The number of hydrogen-bond donors (Lipinski definition) is 3. The summed E-state index contributed by atoms with van der Waals surface area (Å²) in [4.78, 5) is 16.0. The van der Waals surface area contributed by atoms with E-state index >= 15 is 0 Å². The number of hydrogen-bond acceptors (Lipinski definition) is 2. The fourth-order valence-corrected chi connectivity index (χ4v) is 1.65. The van der Waals surface area contributed by atoms with Crippen molar-refractivity contribution in [1.82, 2.24) is 9.88 Å². The minimum atomic E-state index is -0.314. The maximum absolute atomic E-state index is 11.9. The van der Waals surface area contributed by atoms with Gasteiger partial charge in [-0.1, -0.05) is 12.1 Å². The molecule has 0 radical (unpaired) electrons. The summed E-state index contributed by atoms with van der Waals surface area (Å²) in [7, 11) is 1.47. The lowest BCUT2D eigenvalue weighted by molar-refractivity contribution is 0.0864. The predicted octanol–water partition coefficient (Wildman–Crippen LogP) is 1.44. The van der Waals surface area contributed by atoms with Crippen molar-refractivity contribution in [3.8, 4) is 0 Å². The van der Waals surface area contributed by atoms with Crippen molar-refractivity contribution in [3.05, 3.63) is 35.5 Å². The van der Waals surface area contributed by atoms with E-state index in [-0.39, 0.29) is 11.9 Å². The number of aromatic nitrogens is 1. The Balaban J connectivity index is 2.43. The maximum atomic E-state index is 11.9. The number of nitrogens with zero attached hydrogens (tertiary/aromatic N) is 1. The topological polar surface area (TPSA) is 86.0 Å². The molecule has 0 aliphatic rings. The third-order valence-electron chi connectivity index (χ3n) is 2.67. The highest BCUT2D eigenvalue weighted by molar-refractivity contribution is 6.05. The number of aryl methyl sites for hydroxylation is 1. The standard InChI is InChI=1S/C12H14N4O/c1-7-3-4-8-6-10(15-9(8)5-7)11(17)16(2)12(13)14/h3-6,15H,1-2H3,(H3,13,14). The molecule has 5 heteroatoms. The molecule has 0 bridgehead atoms. The monoisotopic (exact) mass is 230 g/mol. The van der Waals surface area contributed by atoms with Gasteiger partial charge in [0.1, 0.15) is 5.69 Å². The summed E-state index contributed by atoms with van der Waals surface area (Å²) in [6.45, 7) is 1.99. The number of rotatable bonds is 1. The summed E-state index contributed by atoms with van der Waals surface area (Å²) in [6.07, 6.45) is 0. The Bertz CT molecular complexity index is 600. The van der Waals surface area contributed by atoms with Crippen molar-refractivity contribution < 1.29 is 4.79 Å². The van der Waals surface area contributed by atoms with Crippen LogP contribution in [0, 0.1) is 12.3 Å². The molecular weight excluding hydrogens is 216 g/mol. The Morgan fingerprint density at radius 1 is 1.41 bits per heavy atom. The van der Waals surface area contributed by atoms with Crippen molar-refractivity contribution in [1.29, 1.82) is 5.41 Å². The normalized spacial score (nSPS) is 10.5. The SMILES string of the molecule is Cc1ccc2cc(C(=O)N(C)C(=N)N)[nH]c2c1. The van der Waals surface area contributed by atoms with E-state index in [0.717, 1.165) is 21.4 Å². The van der Waals surface area contributed by atoms with Crippen LogP contribution in [0.5, 0.6) is 0 Å². The summed E-state index contributed by atoms with van der Waals surface area (Å²) in [5.74, 6) is -0.587. The maximum Gasteiger partial charge on any atom is 0.276 e. The number of aromatic amines is 1. The molecule has 0 aliphatic heterocycles. The van der Waals surface area contributed by atoms with Crippen molar-refractivity contribution in [3.63, 3.8) is 0 Å². The van der Waals surface area contributed by atoms with Gasteiger partial charge < -0.3 is 10.7 Å². The van der Waals surface area contributed by atoms with E-state index < -0.39 is 0 Å². The summed E-state index contributed by atoms with van der Waals surface area (Å²) < 4.78 is 0. The van der Waals surface area contributed by atoms with E-state index in [0.29, 0.717) is 5.69 Å².